The van der Waals surface area contributed by atoms with Crippen molar-refractivity contribution in [2.75, 3.05) is 6.61 Å². The van der Waals surface area contributed by atoms with Gasteiger partial charge in [-0.15, -0.1) is 0 Å². The van der Waals surface area contributed by atoms with Gasteiger partial charge in [0.2, 0.25) is 0 Å². The molecule has 1 aliphatic heterocycles. The molecule has 2 aromatic rings. The van der Waals surface area contributed by atoms with Gasteiger partial charge in [-0.2, -0.15) is 0 Å². The summed E-state index contributed by atoms with van der Waals surface area (Å²) in [6.07, 6.45) is 1.71. The molecule has 13 heavy (non-hydrogen) atoms. The molecule has 1 atom stereocenters. The van der Waals surface area contributed by atoms with Crippen LogP contribution < -0.4 is 0 Å². The third-order valence-electron chi connectivity index (χ3n) is 2.64. The second-order valence-corrected chi connectivity index (χ2v) is 3.69. The highest BCUT2D eigenvalue weighted by Gasteiger charge is 2.41. The van der Waals surface area contributed by atoms with Crippen LogP contribution in [0.15, 0.2) is 34.9 Å². The Hall–Kier alpha value is -1.28. The summed E-state index contributed by atoms with van der Waals surface area (Å²) in [6, 6.07) is 8.17. The van der Waals surface area contributed by atoms with E-state index in [1.165, 1.54) is 5.56 Å². The number of furan rings is 1. The van der Waals surface area contributed by atoms with E-state index >= 15 is 0 Å². The number of hydrogen-bond donors (Lipinski definition) is 0. The highest BCUT2D eigenvalue weighted by molar-refractivity contribution is 5.78. The van der Waals surface area contributed by atoms with Crippen LogP contribution in [0.3, 0.4) is 0 Å². The fourth-order valence-corrected chi connectivity index (χ4v) is 1.57. The Morgan fingerprint density at radius 3 is 2.92 bits per heavy atom. The Bertz CT molecular complexity index is 452. The van der Waals surface area contributed by atoms with Gasteiger partial charge in [0.1, 0.15) is 11.2 Å². The molecule has 0 bridgehead atoms. The molecule has 0 N–H and O–H groups in total. The van der Waals surface area contributed by atoms with Crippen LogP contribution in [0.5, 0.6) is 0 Å². The number of benzene rings is 1. The van der Waals surface area contributed by atoms with Crippen molar-refractivity contribution in [3.05, 3.63) is 36.1 Å². The lowest BCUT2D eigenvalue weighted by molar-refractivity contribution is 0.329. The maximum absolute atomic E-state index is 5.38. The van der Waals surface area contributed by atoms with E-state index in [1.54, 1.807) is 6.26 Å². The van der Waals surface area contributed by atoms with Gasteiger partial charge >= 0.3 is 0 Å². The Morgan fingerprint density at radius 2 is 2.15 bits per heavy atom. The molecule has 1 fully saturated rings. The average Bonchev–Trinajstić information content (AvgIpc) is 2.74. The Balaban J connectivity index is 2.20. The van der Waals surface area contributed by atoms with E-state index in [0.717, 1.165) is 17.6 Å². The Kier molecular flexibility index (Phi) is 1.18. The first kappa shape index (κ1) is 7.15. The van der Waals surface area contributed by atoms with Crippen LogP contribution >= 0.6 is 0 Å². The maximum Gasteiger partial charge on any atom is 0.133 e. The molecule has 1 saturated heterocycles. The minimum absolute atomic E-state index is 0.0362. The SMILES string of the molecule is CC1(c2ccc3occc3c2)CO1. The zero-order valence-electron chi connectivity index (χ0n) is 7.41. The van der Waals surface area contributed by atoms with Crippen LogP contribution in [0.4, 0.5) is 0 Å². The first-order chi connectivity index (χ1) is 6.28. The molecule has 1 aromatic heterocycles. The van der Waals surface area contributed by atoms with Crippen LogP contribution in [0.2, 0.25) is 0 Å². The van der Waals surface area contributed by atoms with Crippen molar-refractivity contribution < 1.29 is 9.15 Å². The monoisotopic (exact) mass is 174 g/mol. The van der Waals surface area contributed by atoms with Gasteiger partial charge < -0.3 is 9.15 Å². The van der Waals surface area contributed by atoms with E-state index in [-0.39, 0.29) is 5.60 Å². The first-order valence-corrected chi connectivity index (χ1v) is 4.40. The third-order valence-corrected chi connectivity index (χ3v) is 2.64. The molecular weight excluding hydrogens is 164 g/mol. The molecule has 0 amide bonds. The number of fused-ring (bicyclic) bond motifs is 1. The molecule has 1 aromatic carbocycles. The van der Waals surface area contributed by atoms with Gasteiger partial charge in [-0.25, -0.2) is 0 Å². The third kappa shape index (κ3) is 0.988. The summed E-state index contributed by atoms with van der Waals surface area (Å²) in [7, 11) is 0. The van der Waals surface area contributed by atoms with Crippen molar-refractivity contribution in [1.29, 1.82) is 0 Å². The number of epoxide rings is 1. The molecule has 66 valence electrons. The van der Waals surface area contributed by atoms with E-state index in [1.807, 2.05) is 12.1 Å². The lowest BCUT2D eigenvalue weighted by Crippen LogP contribution is -2.00. The van der Waals surface area contributed by atoms with Gasteiger partial charge in [-0.1, -0.05) is 6.07 Å². The first-order valence-electron chi connectivity index (χ1n) is 4.40. The standard InChI is InChI=1S/C11H10O2/c1-11(7-13-11)9-2-3-10-8(6-9)4-5-12-10/h2-6H,7H2,1H3. The second kappa shape index (κ2) is 2.15. The molecule has 0 radical (unpaired) electrons. The largest absolute Gasteiger partial charge is 0.464 e. The molecule has 0 aliphatic carbocycles. The smallest absolute Gasteiger partial charge is 0.133 e. The summed E-state index contributed by atoms with van der Waals surface area (Å²) >= 11 is 0. The molecule has 0 saturated carbocycles. The van der Waals surface area contributed by atoms with Gasteiger partial charge in [-0.3, -0.25) is 0 Å². The zero-order valence-corrected chi connectivity index (χ0v) is 7.41. The van der Waals surface area contributed by atoms with Crippen LogP contribution in [0, 0.1) is 0 Å². The quantitative estimate of drug-likeness (QED) is 0.621. The normalized spacial score (nSPS) is 26.5. The van der Waals surface area contributed by atoms with Gasteiger partial charge in [0.05, 0.1) is 12.9 Å². The van der Waals surface area contributed by atoms with Crippen LogP contribution in [0.25, 0.3) is 11.0 Å². The van der Waals surface area contributed by atoms with Gasteiger partial charge in [0.25, 0.3) is 0 Å². The predicted octanol–water partition coefficient (Wildman–Crippen LogP) is 2.68. The van der Waals surface area contributed by atoms with Crippen LogP contribution in [0.1, 0.15) is 12.5 Å². The summed E-state index contributed by atoms with van der Waals surface area (Å²) in [4.78, 5) is 0. The van der Waals surface area contributed by atoms with Crippen molar-refractivity contribution in [3.63, 3.8) is 0 Å². The minimum Gasteiger partial charge on any atom is -0.464 e. The molecule has 2 heterocycles. The average molecular weight is 174 g/mol. The number of ether oxygens (including phenoxy) is 1. The van der Waals surface area contributed by atoms with Crippen molar-refractivity contribution in [2.45, 2.75) is 12.5 Å². The molecule has 1 unspecified atom stereocenters. The van der Waals surface area contributed by atoms with Gasteiger partial charge in [0, 0.05) is 5.39 Å². The molecule has 3 rings (SSSR count). The molecular formula is C11H10O2. The molecule has 2 heteroatoms. The molecule has 1 aliphatic rings. The molecule has 0 spiro atoms. The van der Waals surface area contributed by atoms with Crippen LogP contribution in [-0.4, -0.2) is 6.61 Å². The van der Waals surface area contributed by atoms with E-state index in [2.05, 4.69) is 19.1 Å². The van der Waals surface area contributed by atoms with E-state index in [4.69, 9.17) is 9.15 Å². The second-order valence-electron chi connectivity index (χ2n) is 3.69. The summed E-state index contributed by atoms with van der Waals surface area (Å²) in [5.41, 5.74) is 2.14. The van der Waals surface area contributed by atoms with Gasteiger partial charge in [-0.05, 0) is 30.7 Å². The summed E-state index contributed by atoms with van der Waals surface area (Å²) < 4.78 is 10.6. The predicted molar refractivity (Wildman–Crippen MR) is 49.5 cm³/mol. The lowest BCUT2D eigenvalue weighted by Gasteiger charge is -2.03. The van der Waals surface area contributed by atoms with Gasteiger partial charge in [0.15, 0.2) is 0 Å². The Morgan fingerprint density at radius 1 is 1.31 bits per heavy atom. The summed E-state index contributed by atoms with van der Waals surface area (Å²) in [5.74, 6) is 0. The number of hydrogen-bond acceptors (Lipinski definition) is 2. The molecule has 2 nitrogen and oxygen atoms in total. The van der Waals surface area contributed by atoms with E-state index in [0.29, 0.717) is 0 Å². The zero-order chi connectivity index (χ0) is 8.89. The van der Waals surface area contributed by atoms with Crippen molar-refractivity contribution in [2.24, 2.45) is 0 Å². The lowest BCUT2D eigenvalue weighted by atomic mass is 10.0. The van der Waals surface area contributed by atoms with Crippen LogP contribution in [-0.2, 0) is 10.3 Å². The highest BCUT2D eigenvalue weighted by atomic mass is 16.6. The van der Waals surface area contributed by atoms with Crippen molar-refractivity contribution >= 4 is 11.0 Å². The summed E-state index contributed by atoms with van der Waals surface area (Å²) in [5, 5.41) is 1.15. The summed E-state index contributed by atoms with van der Waals surface area (Å²) in [6.45, 7) is 2.94. The fourth-order valence-electron chi connectivity index (χ4n) is 1.57. The minimum atomic E-state index is -0.0362. The van der Waals surface area contributed by atoms with E-state index < -0.39 is 0 Å². The van der Waals surface area contributed by atoms with Crippen molar-refractivity contribution in [3.8, 4) is 0 Å². The fraction of sp³-hybridized carbons (Fsp3) is 0.273. The maximum atomic E-state index is 5.38. The van der Waals surface area contributed by atoms with E-state index in [9.17, 15) is 0 Å². The highest BCUT2D eigenvalue weighted by Crippen LogP contribution is 2.38. The Labute approximate surface area is 76.1 Å². The number of rotatable bonds is 1. The topological polar surface area (TPSA) is 25.7 Å². The van der Waals surface area contributed by atoms with Crippen molar-refractivity contribution in [1.82, 2.24) is 0 Å².